The number of hydrogen-bond donors (Lipinski definition) is 0. The zero-order chi connectivity index (χ0) is 13.2. The lowest BCUT2D eigenvalue weighted by molar-refractivity contribution is 0.590. The fourth-order valence-electron chi connectivity index (χ4n) is 2.24. The summed E-state index contributed by atoms with van der Waals surface area (Å²) >= 11 is 0. The Kier molecular flexibility index (Phi) is 3.57. The normalized spacial score (nSPS) is 11.5. The van der Waals surface area contributed by atoms with Crippen molar-refractivity contribution >= 4 is 10.5 Å². The second-order valence-corrected chi connectivity index (χ2v) is 5.90. The van der Waals surface area contributed by atoms with Crippen LogP contribution in [-0.2, 0) is 5.41 Å². The van der Waals surface area contributed by atoms with Gasteiger partial charge in [0.05, 0.1) is 0 Å². The van der Waals surface area contributed by atoms with Gasteiger partial charge in [-0.1, -0.05) is 63.2 Å². The Balaban J connectivity index is 2.65. The SMILES string of the molecule is CC(C)(C)c1ccccc1-c1ccccc1O[SiH3]. The van der Waals surface area contributed by atoms with E-state index >= 15 is 0 Å². The molecule has 18 heavy (non-hydrogen) atoms. The van der Waals surface area contributed by atoms with Gasteiger partial charge in [0, 0.05) is 5.56 Å². The first-order chi connectivity index (χ1) is 8.54. The predicted molar refractivity (Wildman–Crippen MR) is 81.1 cm³/mol. The minimum atomic E-state index is 0.134. The van der Waals surface area contributed by atoms with Gasteiger partial charge in [0.25, 0.3) is 0 Å². The van der Waals surface area contributed by atoms with Crippen LogP contribution in [0.1, 0.15) is 26.3 Å². The third-order valence-electron chi connectivity index (χ3n) is 3.13. The number of hydrogen-bond acceptors (Lipinski definition) is 1. The van der Waals surface area contributed by atoms with Crippen molar-refractivity contribution in [3.63, 3.8) is 0 Å². The molecule has 0 spiro atoms. The fraction of sp³-hybridized carbons (Fsp3) is 0.250. The molecule has 0 heterocycles. The lowest BCUT2D eigenvalue weighted by atomic mass is 9.82. The van der Waals surface area contributed by atoms with Crippen LogP contribution in [0.4, 0.5) is 0 Å². The second-order valence-electron chi connectivity index (χ2n) is 5.50. The molecule has 0 saturated heterocycles. The smallest absolute Gasteiger partial charge is 0.204 e. The van der Waals surface area contributed by atoms with E-state index in [0.29, 0.717) is 10.5 Å². The average Bonchev–Trinajstić information content (AvgIpc) is 2.37. The standard InChI is InChI=1S/C16H20OSi/c1-16(2,3)14-10-6-4-8-12(14)13-9-5-7-11-15(13)17-18/h4-11H,1-3,18H3. The van der Waals surface area contributed by atoms with Crippen LogP contribution in [0, 0.1) is 0 Å². The molecule has 2 heteroatoms. The molecule has 94 valence electrons. The molecular formula is C16H20OSi. The van der Waals surface area contributed by atoms with E-state index in [1.807, 2.05) is 12.1 Å². The van der Waals surface area contributed by atoms with Crippen LogP contribution in [0.25, 0.3) is 11.1 Å². The molecule has 0 aromatic heterocycles. The van der Waals surface area contributed by atoms with Gasteiger partial charge in [-0.3, -0.25) is 0 Å². The summed E-state index contributed by atoms with van der Waals surface area (Å²) in [5.74, 6) is 0.987. The van der Waals surface area contributed by atoms with Crippen LogP contribution in [0.5, 0.6) is 5.75 Å². The Hall–Kier alpha value is -1.54. The summed E-state index contributed by atoms with van der Waals surface area (Å²) in [6, 6.07) is 16.9. The average molecular weight is 256 g/mol. The molecule has 0 radical (unpaired) electrons. The van der Waals surface area contributed by atoms with Crippen molar-refractivity contribution in [2.75, 3.05) is 0 Å². The minimum absolute atomic E-state index is 0.134. The highest BCUT2D eigenvalue weighted by Crippen LogP contribution is 2.37. The number of rotatable bonds is 2. The Morgan fingerprint density at radius 2 is 1.39 bits per heavy atom. The van der Waals surface area contributed by atoms with E-state index in [0.717, 1.165) is 5.75 Å². The summed E-state index contributed by atoms with van der Waals surface area (Å²) < 4.78 is 5.61. The van der Waals surface area contributed by atoms with Crippen LogP contribution in [-0.4, -0.2) is 10.5 Å². The monoisotopic (exact) mass is 256 g/mol. The Morgan fingerprint density at radius 3 is 2.00 bits per heavy atom. The van der Waals surface area contributed by atoms with E-state index in [1.165, 1.54) is 16.7 Å². The largest absolute Gasteiger partial charge is 0.553 e. The molecule has 2 rings (SSSR count). The molecule has 0 bridgehead atoms. The van der Waals surface area contributed by atoms with Gasteiger partial charge in [0.2, 0.25) is 10.5 Å². The van der Waals surface area contributed by atoms with E-state index in [-0.39, 0.29) is 5.41 Å². The molecule has 2 aromatic rings. The first-order valence-electron chi connectivity index (χ1n) is 6.27. The minimum Gasteiger partial charge on any atom is -0.553 e. The maximum absolute atomic E-state index is 5.61. The molecule has 0 atom stereocenters. The molecular weight excluding hydrogens is 236 g/mol. The highest BCUT2D eigenvalue weighted by atomic mass is 28.2. The third-order valence-corrected chi connectivity index (χ3v) is 3.57. The molecule has 0 aliphatic carbocycles. The van der Waals surface area contributed by atoms with Crippen molar-refractivity contribution in [2.45, 2.75) is 26.2 Å². The van der Waals surface area contributed by atoms with Crippen LogP contribution < -0.4 is 4.43 Å². The summed E-state index contributed by atoms with van der Waals surface area (Å²) in [5.41, 5.74) is 3.96. The van der Waals surface area contributed by atoms with Crippen molar-refractivity contribution in [3.8, 4) is 16.9 Å². The van der Waals surface area contributed by atoms with E-state index in [2.05, 4.69) is 57.2 Å². The van der Waals surface area contributed by atoms with Crippen LogP contribution >= 0.6 is 0 Å². The number of para-hydroxylation sites is 1. The molecule has 0 aliphatic heterocycles. The van der Waals surface area contributed by atoms with Gasteiger partial charge in [-0.05, 0) is 22.6 Å². The Bertz CT molecular complexity index is 541. The molecule has 2 aromatic carbocycles. The zero-order valence-electron chi connectivity index (χ0n) is 11.5. The van der Waals surface area contributed by atoms with E-state index < -0.39 is 0 Å². The fourth-order valence-corrected chi connectivity index (χ4v) is 2.60. The van der Waals surface area contributed by atoms with Crippen molar-refractivity contribution in [1.82, 2.24) is 0 Å². The van der Waals surface area contributed by atoms with Gasteiger partial charge in [0.15, 0.2) is 0 Å². The Morgan fingerprint density at radius 1 is 0.833 bits per heavy atom. The van der Waals surface area contributed by atoms with Crippen LogP contribution in [0.3, 0.4) is 0 Å². The predicted octanol–water partition coefficient (Wildman–Crippen LogP) is 3.31. The van der Waals surface area contributed by atoms with E-state index in [9.17, 15) is 0 Å². The molecule has 0 amide bonds. The maximum atomic E-state index is 5.61. The first-order valence-corrected chi connectivity index (χ1v) is 7.08. The van der Waals surface area contributed by atoms with Crippen molar-refractivity contribution in [3.05, 3.63) is 54.1 Å². The van der Waals surface area contributed by atoms with Gasteiger partial charge in [-0.15, -0.1) is 0 Å². The Labute approximate surface area is 112 Å². The molecule has 1 nitrogen and oxygen atoms in total. The van der Waals surface area contributed by atoms with Gasteiger partial charge in [-0.25, -0.2) is 0 Å². The molecule has 0 N–H and O–H groups in total. The summed E-state index contributed by atoms with van der Waals surface area (Å²) in [6.45, 7) is 6.74. The molecule has 0 unspecified atom stereocenters. The maximum Gasteiger partial charge on any atom is 0.204 e. The summed E-state index contributed by atoms with van der Waals surface area (Å²) in [5, 5.41) is 0. The van der Waals surface area contributed by atoms with E-state index in [4.69, 9.17) is 4.43 Å². The van der Waals surface area contributed by atoms with Crippen LogP contribution in [0.2, 0.25) is 0 Å². The lowest BCUT2D eigenvalue weighted by Gasteiger charge is -2.23. The molecule has 0 fully saturated rings. The van der Waals surface area contributed by atoms with Crippen LogP contribution in [0.15, 0.2) is 48.5 Å². The second kappa shape index (κ2) is 4.98. The van der Waals surface area contributed by atoms with Crippen molar-refractivity contribution in [2.24, 2.45) is 0 Å². The highest BCUT2D eigenvalue weighted by Gasteiger charge is 2.19. The zero-order valence-corrected chi connectivity index (χ0v) is 13.5. The van der Waals surface area contributed by atoms with Gasteiger partial charge < -0.3 is 4.43 Å². The third kappa shape index (κ3) is 2.49. The quantitative estimate of drug-likeness (QED) is 0.749. The first kappa shape index (κ1) is 12.9. The lowest BCUT2D eigenvalue weighted by Crippen LogP contribution is -2.12. The van der Waals surface area contributed by atoms with Gasteiger partial charge in [0.1, 0.15) is 5.75 Å². The van der Waals surface area contributed by atoms with Crippen molar-refractivity contribution < 1.29 is 4.43 Å². The molecule has 0 aliphatic rings. The number of benzene rings is 2. The topological polar surface area (TPSA) is 9.23 Å². The van der Waals surface area contributed by atoms with Gasteiger partial charge >= 0.3 is 0 Å². The summed E-state index contributed by atoms with van der Waals surface area (Å²) in [4.78, 5) is 0. The van der Waals surface area contributed by atoms with Gasteiger partial charge in [-0.2, -0.15) is 0 Å². The van der Waals surface area contributed by atoms with Crippen molar-refractivity contribution in [1.29, 1.82) is 0 Å². The van der Waals surface area contributed by atoms with E-state index in [1.54, 1.807) is 0 Å². The summed E-state index contributed by atoms with van der Waals surface area (Å²) in [7, 11) is 0.713. The highest BCUT2D eigenvalue weighted by molar-refractivity contribution is 6.00. The molecule has 0 saturated carbocycles. The summed E-state index contributed by atoms with van der Waals surface area (Å²) in [6.07, 6.45) is 0.